The number of Topliss-reactive ketones (excluding diaryl/α,β-unsaturated/α-hetero) is 1. The zero-order chi connectivity index (χ0) is 10.1. The van der Waals surface area contributed by atoms with Gasteiger partial charge in [-0.15, -0.1) is 0 Å². The lowest BCUT2D eigenvalue weighted by Gasteiger charge is -2.01. The van der Waals surface area contributed by atoms with Crippen LogP contribution in [0, 0.1) is 5.92 Å². The minimum absolute atomic E-state index is 0.273. The van der Waals surface area contributed by atoms with Crippen molar-refractivity contribution in [2.75, 3.05) is 0 Å². The molecule has 0 bridgehead atoms. The summed E-state index contributed by atoms with van der Waals surface area (Å²) < 4.78 is 0. The Bertz CT molecular complexity index is 152. The summed E-state index contributed by atoms with van der Waals surface area (Å²) in [7, 11) is 0. The van der Waals surface area contributed by atoms with Gasteiger partial charge in [-0.3, -0.25) is 9.59 Å². The lowest BCUT2D eigenvalue weighted by atomic mass is 10.0. The van der Waals surface area contributed by atoms with Crippen LogP contribution < -0.4 is 0 Å². The number of ketones is 1. The lowest BCUT2D eigenvalue weighted by molar-refractivity contribution is -0.145. The predicted molar refractivity (Wildman–Crippen MR) is 48.1 cm³/mol. The second-order valence-electron chi connectivity index (χ2n) is 2.06. The fourth-order valence-electron chi connectivity index (χ4n) is 0.636. The van der Waals surface area contributed by atoms with Gasteiger partial charge in [0.1, 0.15) is 11.7 Å². The van der Waals surface area contributed by atoms with Crippen molar-refractivity contribution < 1.29 is 14.7 Å². The second kappa shape index (κ2) is 8.27. The maximum Gasteiger partial charge on any atom is 0.314 e. The zero-order valence-corrected chi connectivity index (χ0v) is 7.97. The summed E-state index contributed by atoms with van der Waals surface area (Å²) in [5, 5.41) is 8.32. The van der Waals surface area contributed by atoms with Gasteiger partial charge in [0, 0.05) is 0 Å². The molecule has 12 heavy (non-hydrogen) atoms. The molecule has 0 saturated carbocycles. The lowest BCUT2D eigenvalue weighted by Crippen LogP contribution is -2.19. The van der Waals surface area contributed by atoms with Gasteiger partial charge in [-0.1, -0.05) is 25.1 Å². The number of carbonyl (C=O) groups is 2. The minimum Gasteiger partial charge on any atom is -0.481 e. The van der Waals surface area contributed by atoms with Crippen LogP contribution in [0.1, 0.15) is 20.3 Å². The van der Waals surface area contributed by atoms with E-state index >= 15 is 0 Å². The van der Waals surface area contributed by atoms with Crippen molar-refractivity contribution in [3.63, 3.8) is 0 Å². The highest BCUT2D eigenvalue weighted by Gasteiger charge is 2.19. The van der Waals surface area contributed by atoms with Gasteiger partial charge in [-0.2, -0.15) is 0 Å². The first-order valence-electron chi connectivity index (χ1n) is 3.45. The SMILES string of the molecule is C=CCl.CCC(C(C)=O)C(=O)O. The zero-order valence-electron chi connectivity index (χ0n) is 7.21. The number of carboxylic acids is 1. The molecule has 1 unspecified atom stereocenters. The van der Waals surface area contributed by atoms with E-state index in [0.717, 1.165) is 0 Å². The summed E-state index contributed by atoms with van der Waals surface area (Å²) in [4.78, 5) is 20.6. The van der Waals surface area contributed by atoms with Gasteiger partial charge in [-0.25, -0.2) is 0 Å². The highest BCUT2D eigenvalue weighted by Crippen LogP contribution is 2.02. The highest BCUT2D eigenvalue weighted by molar-refractivity contribution is 6.25. The topological polar surface area (TPSA) is 54.4 Å². The van der Waals surface area contributed by atoms with Crippen LogP contribution in [0.2, 0.25) is 0 Å². The molecule has 1 N–H and O–H groups in total. The molecule has 70 valence electrons. The van der Waals surface area contributed by atoms with Crippen LogP contribution >= 0.6 is 11.6 Å². The van der Waals surface area contributed by atoms with Gasteiger partial charge in [0.05, 0.1) is 0 Å². The van der Waals surface area contributed by atoms with Gasteiger partial charge in [0.25, 0.3) is 0 Å². The third kappa shape index (κ3) is 7.28. The Morgan fingerprint density at radius 3 is 2.00 bits per heavy atom. The van der Waals surface area contributed by atoms with Crippen molar-refractivity contribution in [3.05, 3.63) is 12.1 Å². The molecule has 0 radical (unpaired) electrons. The van der Waals surface area contributed by atoms with E-state index in [1.807, 2.05) is 0 Å². The standard InChI is InChI=1S/C6H10O3.C2H3Cl/c1-3-5(4(2)7)6(8)9;1-2-3/h5H,3H2,1-2H3,(H,8,9);2H,1H2. The van der Waals surface area contributed by atoms with Crippen molar-refractivity contribution in [3.8, 4) is 0 Å². The van der Waals surface area contributed by atoms with Crippen molar-refractivity contribution >= 4 is 23.4 Å². The van der Waals surface area contributed by atoms with Gasteiger partial charge in [0.15, 0.2) is 0 Å². The van der Waals surface area contributed by atoms with Crippen molar-refractivity contribution in [1.29, 1.82) is 0 Å². The van der Waals surface area contributed by atoms with Crippen LogP contribution in [0.15, 0.2) is 12.1 Å². The molecule has 0 amide bonds. The number of rotatable bonds is 3. The number of aliphatic carboxylic acids is 1. The first-order valence-corrected chi connectivity index (χ1v) is 3.89. The van der Waals surface area contributed by atoms with Crippen molar-refractivity contribution in [2.45, 2.75) is 20.3 Å². The average molecular weight is 193 g/mol. The van der Waals surface area contributed by atoms with E-state index in [-0.39, 0.29) is 5.78 Å². The van der Waals surface area contributed by atoms with E-state index in [2.05, 4.69) is 6.58 Å². The monoisotopic (exact) mass is 192 g/mol. The Morgan fingerprint density at radius 1 is 1.67 bits per heavy atom. The normalized spacial score (nSPS) is 10.6. The Hall–Kier alpha value is -0.830. The molecular weight excluding hydrogens is 180 g/mol. The first-order chi connectivity index (χ1) is 5.51. The van der Waals surface area contributed by atoms with Crippen LogP contribution in [0.4, 0.5) is 0 Å². The summed E-state index contributed by atoms with van der Waals surface area (Å²) >= 11 is 4.76. The first kappa shape index (κ1) is 13.7. The average Bonchev–Trinajstić information content (AvgIpc) is 1.88. The molecular formula is C8H13ClO3. The van der Waals surface area contributed by atoms with Crippen LogP contribution in [-0.2, 0) is 9.59 Å². The van der Waals surface area contributed by atoms with Crippen LogP contribution in [0.3, 0.4) is 0 Å². The molecule has 1 atom stereocenters. The molecule has 0 aliphatic rings. The molecule has 0 fully saturated rings. The largest absolute Gasteiger partial charge is 0.481 e. The summed E-state index contributed by atoms with van der Waals surface area (Å²) in [5.74, 6) is -2.10. The molecule has 0 aromatic rings. The van der Waals surface area contributed by atoms with E-state index in [4.69, 9.17) is 16.7 Å². The van der Waals surface area contributed by atoms with E-state index in [9.17, 15) is 9.59 Å². The molecule has 0 aliphatic heterocycles. The van der Waals surface area contributed by atoms with Crippen LogP contribution in [0.25, 0.3) is 0 Å². The molecule has 0 aromatic heterocycles. The van der Waals surface area contributed by atoms with E-state index in [1.54, 1.807) is 6.92 Å². The third-order valence-electron chi connectivity index (χ3n) is 1.20. The van der Waals surface area contributed by atoms with Crippen molar-refractivity contribution in [2.24, 2.45) is 5.92 Å². The van der Waals surface area contributed by atoms with Crippen molar-refractivity contribution in [1.82, 2.24) is 0 Å². The van der Waals surface area contributed by atoms with Gasteiger partial charge < -0.3 is 5.11 Å². The predicted octanol–water partition coefficient (Wildman–Crippen LogP) is 2.05. The molecule has 0 heterocycles. The quantitative estimate of drug-likeness (QED) is 0.697. The van der Waals surface area contributed by atoms with E-state index in [0.29, 0.717) is 6.42 Å². The third-order valence-corrected chi connectivity index (χ3v) is 1.20. The number of carbonyl (C=O) groups excluding carboxylic acids is 1. The Morgan fingerprint density at radius 2 is 2.00 bits per heavy atom. The van der Waals surface area contributed by atoms with E-state index < -0.39 is 11.9 Å². The minimum atomic E-state index is -1.02. The van der Waals surface area contributed by atoms with Gasteiger partial charge >= 0.3 is 5.97 Å². The number of carboxylic acid groups (broad SMARTS) is 1. The summed E-state index contributed by atoms with van der Waals surface area (Å²) in [6.07, 6.45) is 0.380. The summed E-state index contributed by atoms with van der Waals surface area (Å²) in [6.45, 7) is 6.10. The maximum absolute atomic E-state index is 10.4. The molecule has 0 aromatic carbocycles. The maximum atomic E-state index is 10.4. The van der Waals surface area contributed by atoms with E-state index in [1.165, 1.54) is 12.5 Å². The molecule has 0 aliphatic carbocycles. The Kier molecular flexibility index (Phi) is 9.47. The number of halogens is 1. The summed E-state index contributed by atoms with van der Waals surface area (Å²) in [6, 6.07) is 0. The van der Waals surface area contributed by atoms with Crippen LogP contribution in [-0.4, -0.2) is 16.9 Å². The Labute approximate surface area is 77.0 Å². The molecule has 3 nitrogen and oxygen atoms in total. The fourth-order valence-corrected chi connectivity index (χ4v) is 0.636. The number of hydrogen-bond acceptors (Lipinski definition) is 2. The highest BCUT2D eigenvalue weighted by atomic mass is 35.5. The number of hydrogen-bond donors (Lipinski definition) is 1. The smallest absolute Gasteiger partial charge is 0.314 e. The molecule has 4 heteroatoms. The Balaban J connectivity index is 0. The second-order valence-corrected chi connectivity index (χ2v) is 2.37. The molecule has 0 saturated heterocycles. The van der Waals surface area contributed by atoms with Crippen LogP contribution in [0.5, 0.6) is 0 Å². The summed E-state index contributed by atoms with van der Waals surface area (Å²) in [5.41, 5.74) is 1.22. The molecule has 0 spiro atoms. The van der Waals surface area contributed by atoms with Gasteiger partial charge in [0.2, 0.25) is 0 Å². The molecule has 0 rings (SSSR count). The fraction of sp³-hybridized carbons (Fsp3) is 0.500. The van der Waals surface area contributed by atoms with Gasteiger partial charge in [-0.05, 0) is 18.9 Å².